The number of rotatable bonds is 2. The third kappa shape index (κ3) is 3.99. The minimum Gasteiger partial charge on any atom is -0.464 e. The van der Waals surface area contributed by atoms with E-state index < -0.39 is 11.6 Å². The van der Waals surface area contributed by atoms with Gasteiger partial charge in [-0.25, -0.2) is 9.59 Å². The van der Waals surface area contributed by atoms with Crippen LogP contribution in [0.3, 0.4) is 0 Å². The van der Waals surface area contributed by atoms with Crippen molar-refractivity contribution in [2.75, 3.05) is 20.2 Å². The van der Waals surface area contributed by atoms with Crippen LogP contribution in [0.25, 0.3) is 0 Å². The Bertz CT molecular complexity index is 539. The fourth-order valence-electron chi connectivity index (χ4n) is 2.45. The molecule has 0 spiro atoms. The van der Waals surface area contributed by atoms with Gasteiger partial charge in [-0.2, -0.15) is 5.10 Å². The second kappa shape index (κ2) is 6.37. The van der Waals surface area contributed by atoms with Gasteiger partial charge in [-0.3, -0.25) is 5.10 Å². The van der Waals surface area contributed by atoms with Gasteiger partial charge >= 0.3 is 12.1 Å². The summed E-state index contributed by atoms with van der Waals surface area (Å²) in [6, 6.07) is 1.72. The molecule has 1 aliphatic heterocycles. The number of amides is 1. The molecule has 1 aliphatic rings. The van der Waals surface area contributed by atoms with E-state index in [9.17, 15) is 9.59 Å². The maximum atomic E-state index is 12.0. The molecule has 0 aromatic carbocycles. The van der Waals surface area contributed by atoms with Crippen LogP contribution in [0, 0.1) is 0 Å². The van der Waals surface area contributed by atoms with Gasteiger partial charge in [0.15, 0.2) is 5.69 Å². The Morgan fingerprint density at radius 3 is 2.50 bits per heavy atom. The van der Waals surface area contributed by atoms with Gasteiger partial charge in [-0.15, -0.1) is 0 Å². The van der Waals surface area contributed by atoms with Crippen LogP contribution in [0.2, 0.25) is 0 Å². The van der Waals surface area contributed by atoms with Crippen molar-refractivity contribution in [2.24, 2.45) is 0 Å². The van der Waals surface area contributed by atoms with Crippen molar-refractivity contribution < 1.29 is 19.1 Å². The molecule has 122 valence electrons. The molecule has 1 amide bonds. The molecule has 0 atom stereocenters. The van der Waals surface area contributed by atoms with Gasteiger partial charge in [-0.1, -0.05) is 0 Å². The van der Waals surface area contributed by atoms with Gasteiger partial charge in [0.2, 0.25) is 0 Å². The van der Waals surface area contributed by atoms with Crippen LogP contribution < -0.4 is 0 Å². The summed E-state index contributed by atoms with van der Waals surface area (Å²) in [5.41, 5.74) is 0.712. The number of nitrogens with zero attached hydrogens (tertiary/aromatic N) is 2. The topological polar surface area (TPSA) is 84.5 Å². The summed E-state index contributed by atoms with van der Waals surface area (Å²) in [7, 11) is 1.33. The third-order valence-corrected chi connectivity index (χ3v) is 3.58. The van der Waals surface area contributed by atoms with E-state index in [4.69, 9.17) is 4.74 Å². The van der Waals surface area contributed by atoms with Crippen LogP contribution in [0.15, 0.2) is 6.07 Å². The summed E-state index contributed by atoms with van der Waals surface area (Å²) in [5.74, 6) is -0.196. The summed E-state index contributed by atoms with van der Waals surface area (Å²) in [4.78, 5) is 25.1. The van der Waals surface area contributed by atoms with Crippen molar-refractivity contribution in [3.63, 3.8) is 0 Å². The van der Waals surface area contributed by atoms with E-state index in [1.54, 1.807) is 11.0 Å². The average molecular weight is 309 g/mol. The average Bonchev–Trinajstić information content (AvgIpc) is 2.94. The number of aromatic nitrogens is 2. The molecule has 7 nitrogen and oxygen atoms in total. The van der Waals surface area contributed by atoms with E-state index in [0.717, 1.165) is 18.5 Å². The number of likely N-dealkylation sites (tertiary alicyclic amines) is 1. The first-order chi connectivity index (χ1) is 10.3. The maximum absolute atomic E-state index is 12.0. The number of piperidine rings is 1. The van der Waals surface area contributed by atoms with E-state index in [2.05, 4.69) is 14.9 Å². The van der Waals surface area contributed by atoms with Crippen LogP contribution >= 0.6 is 0 Å². The number of nitrogens with one attached hydrogen (secondary N) is 1. The molecule has 7 heteroatoms. The van der Waals surface area contributed by atoms with Crippen molar-refractivity contribution in [1.82, 2.24) is 15.1 Å². The number of hydrogen-bond acceptors (Lipinski definition) is 5. The molecule has 1 aromatic rings. The van der Waals surface area contributed by atoms with Crippen molar-refractivity contribution in [3.8, 4) is 0 Å². The van der Waals surface area contributed by atoms with Crippen molar-refractivity contribution in [2.45, 2.75) is 45.1 Å². The number of hydrogen-bond donors (Lipinski definition) is 1. The van der Waals surface area contributed by atoms with Crippen LogP contribution in [0.1, 0.15) is 55.7 Å². The Hall–Kier alpha value is -2.05. The fourth-order valence-corrected chi connectivity index (χ4v) is 2.45. The Balaban J connectivity index is 1.91. The molecule has 0 bridgehead atoms. The molecule has 1 N–H and O–H groups in total. The number of aromatic amines is 1. The zero-order chi connectivity index (χ0) is 16.3. The van der Waals surface area contributed by atoms with Crippen LogP contribution in [-0.4, -0.2) is 53.0 Å². The zero-order valence-electron chi connectivity index (χ0n) is 13.5. The monoisotopic (exact) mass is 309 g/mol. The highest BCUT2D eigenvalue weighted by Gasteiger charge is 2.28. The summed E-state index contributed by atoms with van der Waals surface area (Å²) in [5, 5.41) is 6.85. The molecule has 1 fully saturated rings. The predicted molar refractivity (Wildman–Crippen MR) is 79.7 cm³/mol. The SMILES string of the molecule is COC(=O)c1cc(C2CCN(C(=O)OC(C)(C)C)CC2)[nH]n1. The van der Waals surface area contributed by atoms with Crippen LogP contribution in [0.4, 0.5) is 4.79 Å². The zero-order valence-corrected chi connectivity index (χ0v) is 13.5. The minimum absolute atomic E-state index is 0.254. The molecule has 0 radical (unpaired) electrons. The number of methoxy groups -OCH3 is 1. The van der Waals surface area contributed by atoms with Gasteiger partial charge in [0.1, 0.15) is 5.60 Å². The van der Waals surface area contributed by atoms with Crippen LogP contribution in [-0.2, 0) is 9.47 Å². The molecule has 1 saturated heterocycles. The largest absolute Gasteiger partial charge is 0.464 e. The Morgan fingerprint density at radius 2 is 1.95 bits per heavy atom. The second-order valence-electron chi connectivity index (χ2n) is 6.44. The highest BCUT2D eigenvalue weighted by Crippen LogP contribution is 2.27. The molecule has 0 unspecified atom stereocenters. The number of carbonyl (C=O) groups excluding carboxylic acids is 2. The van der Waals surface area contributed by atoms with Crippen molar-refractivity contribution in [1.29, 1.82) is 0 Å². The first-order valence-corrected chi connectivity index (χ1v) is 7.41. The van der Waals surface area contributed by atoms with Gasteiger partial charge in [0.05, 0.1) is 7.11 Å². The minimum atomic E-state index is -0.479. The summed E-state index contributed by atoms with van der Waals surface area (Å²) >= 11 is 0. The first-order valence-electron chi connectivity index (χ1n) is 7.41. The molecule has 22 heavy (non-hydrogen) atoms. The molecular weight excluding hydrogens is 286 g/mol. The number of ether oxygens (including phenoxy) is 2. The molecule has 2 heterocycles. The van der Waals surface area contributed by atoms with Gasteiger partial charge in [0, 0.05) is 24.7 Å². The lowest BCUT2D eigenvalue weighted by atomic mass is 9.93. The third-order valence-electron chi connectivity index (χ3n) is 3.58. The van der Waals surface area contributed by atoms with Gasteiger partial charge in [0.25, 0.3) is 0 Å². The quantitative estimate of drug-likeness (QED) is 0.847. The normalized spacial score (nSPS) is 16.5. The summed E-state index contributed by atoms with van der Waals surface area (Å²) in [6.45, 7) is 6.84. The Labute approximate surface area is 130 Å². The highest BCUT2D eigenvalue weighted by atomic mass is 16.6. The van der Waals surface area contributed by atoms with E-state index in [1.807, 2.05) is 20.8 Å². The molecule has 0 saturated carbocycles. The lowest BCUT2D eigenvalue weighted by Crippen LogP contribution is -2.41. The smallest absolute Gasteiger partial charge is 0.410 e. The molecular formula is C15H23N3O4. The number of H-pyrrole nitrogens is 1. The molecule has 2 rings (SSSR count). The summed E-state index contributed by atoms with van der Waals surface area (Å²) < 4.78 is 10.0. The van der Waals surface area contributed by atoms with E-state index in [1.165, 1.54) is 7.11 Å². The number of carbonyl (C=O) groups is 2. The van der Waals surface area contributed by atoms with E-state index in [-0.39, 0.29) is 17.7 Å². The molecule has 1 aromatic heterocycles. The summed E-state index contributed by atoms with van der Waals surface area (Å²) in [6.07, 6.45) is 1.34. The number of esters is 1. The lowest BCUT2D eigenvalue weighted by Gasteiger charge is -2.33. The van der Waals surface area contributed by atoms with Crippen molar-refractivity contribution >= 4 is 12.1 Å². The van der Waals surface area contributed by atoms with E-state index >= 15 is 0 Å². The molecule has 0 aliphatic carbocycles. The standard InChI is InChI=1S/C15H23N3O4/c1-15(2,3)22-14(20)18-7-5-10(6-8-18)11-9-12(17-16-11)13(19)21-4/h9-10H,5-8H2,1-4H3,(H,16,17). The van der Waals surface area contributed by atoms with Gasteiger partial charge in [-0.05, 0) is 39.7 Å². The highest BCUT2D eigenvalue weighted by molar-refractivity contribution is 5.87. The maximum Gasteiger partial charge on any atom is 0.410 e. The Kier molecular flexibility index (Phi) is 4.73. The van der Waals surface area contributed by atoms with E-state index in [0.29, 0.717) is 13.1 Å². The second-order valence-corrected chi connectivity index (χ2v) is 6.44. The first kappa shape index (κ1) is 16.3. The Morgan fingerprint density at radius 1 is 1.32 bits per heavy atom. The fraction of sp³-hybridized carbons (Fsp3) is 0.667. The van der Waals surface area contributed by atoms with Crippen LogP contribution in [0.5, 0.6) is 0 Å². The lowest BCUT2D eigenvalue weighted by molar-refractivity contribution is 0.0204. The predicted octanol–water partition coefficient (Wildman–Crippen LogP) is 2.31. The van der Waals surface area contributed by atoms with Crippen molar-refractivity contribution in [3.05, 3.63) is 17.5 Å². The van der Waals surface area contributed by atoms with Gasteiger partial charge < -0.3 is 14.4 Å².